The lowest BCUT2D eigenvalue weighted by Crippen LogP contribution is -2.43. The largest absolute Gasteiger partial charge is 0.445 e. The summed E-state index contributed by atoms with van der Waals surface area (Å²) >= 11 is 0. The number of carbonyl (C=O) groups excluding carboxylic acids is 4. The smallest absolute Gasteiger partial charge is 0.410 e. The van der Waals surface area contributed by atoms with Gasteiger partial charge in [-0.15, -0.1) is 10.2 Å². The monoisotopic (exact) mass is 713 g/mol. The molecule has 1 aromatic heterocycles. The number of amides is 4. The van der Waals surface area contributed by atoms with Gasteiger partial charge in [-0.1, -0.05) is 60.7 Å². The zero-order valence-electron chi connectivity index (χ0n) is 29.0. The van der Waals surface area contributed by atoms with Gasteiger partial charge in [-0.05, 0) is 85.3 Å². The summed E-state index contributed by atoms with van der Waals surface area (Å²) in [6, 6.07) is 32.1. The number of hydrogen-bond acceptors (Lipinski definition) is 8. The summed E-state index contributed by atoms with van der Waals surface area (Å²) in [6.45, 7) is 1.21. The highest BCUT2D eigenvalue weighted by atomic mass is 16.6. The van der Waals surface area contributed by atoms with E-state index in [4.69, 9.17) is 9.47 Å². The zero-order chi connectivity index (χ0) is 36.6. The van der Waals surface area contributed by atoms with Crippen LogP contribution in [0.3, 0.4) is 0 Å². The topological polar surface area (TPSA) is 148 Å². The van der Waals surface area contributed by atoms with Crippen molar-refractivity contribution in [2.75, 3.05) is 23.7 Å². The third-order valence-corrected chi connectivity index (χ3v) is 9.36. The minimum atomic E-state index is -0.618. The molecule has 2 atom stereocenters. The lowest BCUT2D eigenvalue weighted by molar-refractivity contribution is -0.120. The molecule has 0 unspecified atom stereocenters. The van der Waals surface area contributed by atoms with E-state index in [1.807, 2.05) is 89.5 Å². The Labute approximate surface area is 306 Å². The van der Waals surface area contributed by atoms with Gasteiger partial charge in [-0.3, -0.25) is 24.0 Å². The van der Waals surface area contributed by atoms with E-state index >= 15 is 0 Å². The Morgan fingerprint density at radius 2 is 1.09 bits per heavy atom. The van der Waals surface area contributed by atoms with Crippen molar-refractivity contribution in [1.29, 1.82) is 0 Å². The highest BCUT2D eigenvalue weighted by molar-refractivity contribution is 5.97. The van der Waals surface area contributed by atoms with Gasteiger partial charge in [0.25, 0.3) is 0 Å². The highest BCUT2D eigenvalue weighted by Gasteiger charge is 2.36. The maximum atomic E-state index is 13.2. The van der Waals surface area contributed by atoms with Crippen molar-refractivity contribution in [3.63, 3.8) is 0 Å². The molecule has 5 aromatic rings. The Balaban J connectivity index is 0.933. The number of carbonyl (C=O) groups is 4. The third kappa shape index (κ3) is 8.36. The van der Waals surface area contributed by atoms with Crippen molar-refractivity contribution < 1.29 is 28.7 Å². The fraction of sp³-hybridized carbons (Fsp3) is 0.250. The van der Waals surface area contributed by atoms with Crippen molar-refractivity contribution in [2.24, 2.45) is 0 Å². The second kappa shape index (κ2) is 16.2. The molecule has 13 nitrogen and oxygen atoms in total. The Hall–Kier alpha value is -6.50. The molecule has 0 radical (unpaired) electrons. The standard InChI is InChI=1S/C40H39N7O6/c48-37(34-13-7-23-45(34)39(50)52-25-28-9-3-1-4-10-28)42-31-17-15-30(16-18-31)36-44-41-27-47(36)33-21-19-32(20-22-33)43-38(49)35-14-8-24-46(35)40(51)53-26-29-11-5-2-6-12-29/h1-6,9-12,15-22,27,34-35H,7-8,13-14,23-26H2,(H,42,48)(H,43,49)/t34-,35-/m0/s1. The van der Waals surface area contributed by atoms with E-state index in [2.05, 4.69) is 20.8 Å². The van der Waals surface area contributed by atoms with Crippen molar-refractivity contribution in [3.05, 3.63) is 127 Å². The number of likely N-dealkylation sites (tertiary alicyclic amines) is 2. The van der Waals surface area contributed by atoms with Crippen LogP contribution in [-0.4, -0.2) is 73.7 Å². The molecular formula is C40H39N7O6. The van der Waals surface area contributed by atoms with Gasteiger partial charge in [-0.2, -0.15) is 0 Å². The van der Waals surface area contributed by atoms with Crippen LogP contribution in [0.4, 0.5) is 21.0 Å². The van der Waals surface area contributed by atoms with E-state index in [0.29, 0.717) is 56.0 Å². The van der Waals surface area contributed by atoms with Crippen molar-refractivity contribution >= 4 is 35.4 Å². The first-order valence-electron chi connectivity index (χ1n) is 17.6. The second-order valence-electron chi connectivity index (χ2n) is 12.9. The fourth-order valence-corrected chi connectivity index (χ4v) is 6.60. The molecule has 0 saturated carbocycles. The van der Waals surface area contributed by atoms with Crippen LogP contribution in [0, 0.1) is 0 Å². The minimum absolute atomic E-state index is 0.145. The zero-order valence-corrected chi connectivity index (χ0v) is 29.0. The van der Waals surface area contributed by atoms with Gasteiger partial charge in [0.2, 0.25) is 11.8 Å². The number of nitrogens with zero attached hydrogens (tertiary/aromatic N) is 5. The first-order valence-corrected chi connectivity index (χ1v) is 17.6. The number of nitrogens with one attached hydrogen (secondary N) is 2. The van der Waals surface area contributed by atoms with E-state index < -0.39 is 24.3 Å². The van der Waals surface area contributed by atoms with Gasteiger partial charge in [0.05, 0.1) is 0 Å². The van der Waals surface area contributed by atoms with Crippen LogP contribution < -0.4 is 10.6 Å². The lowest BCUT2D eigenvalue weighted by Gasteiger charge is -2.23. The molecule has 13 heteroatoms. The predicted molar refractivity (Wildman–Crippen MR) is 197 cm³/mol. The van der Waals surface area contributed by atoms with Gasteiger partial charge >= 0.3 is 12.2 Å². The van der Waals surface area contributed by atoms with Gasteiger partial charge in [0.1, 0.15) is 31.6 Å². The molecule has 0 bridgehead atoms. The average Bonchev–Trinajstić information content (AvgIpc) is 4.00. The molecule has 2 saturated heterocycles. The maximum absolute atomic E-state index is 13.2. The number of hydrogen-bond donors (Lipinski definition) is 2. The molecule has 4 aromatic carbocycles. The van der Waals surface area contributed by atoms with Crippen LogP contribution in [0.15, 0.2) is 116 Å². The highest BCUT2D eigenvalue weighted by Crippen LogP contribution is 2.26. The Morgan fingerprint density at radius 3 is 1.58 bits per heavy atom. The molecule has 270 valence electrons. The van der Waals surface area contributed by atoms with Gasteiger partial charge in [0.15, 0.2) is 5.82 Å². The van der Waals surface area contributed by atoms with E-state index in [0.717, 1.165) is 22.4 Å². The normalized spacial score (nSPS) is 16.6. The van der Waals surface area contributed by atoms with E-state index in [1.165, 1.54) is 9.80 Å². The quantitative estimate of drug-likeness (QED) is 0.169. The summed E-state index contributed by atoms with van der Waals surface area (Å²) in [4.78, 5) is 55.0. The van der Waals surface area contributed by atoms with Gasteiger partial charge in [0, 0.05) is 35.7 Å². The van der Waals surface area contributed by atoms with E-state index in [1.54, 1.807) is 30.6 Å². The summed E-state index contributed by atoms with van der Waals surface area (Å²) in [5, 5.41) is 14.3. The number of benzene rings is 4. The van der Waals surface area contributed by atoms with Crippen LogP contribution in [0.25, 0.3) is 17.1 Å². The summed E-state index contributed by atoms with van der Waals surface area (Å²) in [7, 11) is 0. The first kappa shape index (κ1) is 34.9. The summed E-state index contributed by atoms with van der Waals surface area (Å²) in [6.07, 6.45) is 3.13. The Bertz CT molecular complexity index is 1890. The van der Waals surface area contributed by atoms with Crippen LogP contribution in [0.2, 0.25) is 0 Å². The molecule has 4 amide bonds. The van der Waals surface area contributed by atoms with Crippen LogP contribution in [-0.2, 0) is 32.3 Å². The average molecular weight is 714 g/mol. The lowest BCUT2D eigenvalue weighted by atomic mass is 10.1. The summed E-state index contributed by atoms with van der Waals surface area (Å²) in [5.74, 6) is 0.0389. The van der Waals surface area contributed by atoms with Crippen LogP contribution in [0.1, 0.15) is 36.8 Å². The Kier molecular flexibility index (Phi) is 10.7. The first-order chi connectivity index (χ1) is 25.9. The molecule has 0 spiro atoms. The van der Waals surface area contributed by atoms with E-state index in [-0.39, 0.29) is 25.0 Å². The number of ether oxygens (including phenoxy) is 2. The molecule has 2 fully saturated rings. The summed E-state index contributed by atoms with van der Waals surface area (Å²) in [5.41, 5.74) is 4.47. The van der Waals surface area contributed by atoms with Gasteiger partial charge in [-0.25, -0.2) is 9.59 Å². The minimum Gasteiger partial charge on any atom is -0.445 e. The van der Waals surface area contributed by atoms with Gasteiger partial charge < -0.3 is 20.1 Å². The predicted octanol–water partition coefficient (Wildman–Crippen LogP) is 6.41. The van der Waals surface area contributed by atoms with Crippen molar-refractivity contribution in [1.82, 2.24) is 24.6 Å². The molecule has 3 heterocycles. The molecule has 2 N–H and O–H groups in total. The second-order valence-corrected chi connectivity index (χ2v) is 12.9. The van der Waals surface area contributed by atoms with Crippen LogP contribution >= 0.6 is 0 Å². The molecule has 7 rings (SSSR count). The maximum Gasteiger partial charge on any atom is 0.410 e. The Morgan fingerprint density at radius 1 is 0.623 bits per heavy atom. The third-order valence-electron chi connectivity index (χ3n) is 9.36. The van der Waals surface area contributed by atoms with E-state index in [9.17, 15) is 19.2 Å². The SMILES string of the molecule is O=C(Nc1ccc(-c2nncn2-c2ccc(NC(=O)[C@@H]3CCCN3C(=O)OCc3ccccc3)cc2)cc1)[C@@H]1CCCN1C(=O)OCc1ccccc1. The fourth-order valence-electron chi connectivity index (χ4n) is 6.60. The number of rotatable bonds is 10. The number of anilines is 2. The molecular weight excluding hydrogens is 674 g/mol. The molecule has 2 aliphatic heterocycles. The summed E-state index contributed by atoms with van der Waals surface area (Å²) < 4.78 is 12.8. The van der Waals surface area contributed by atoms with Crippen molar-refractivity contribution in [3.8, 4) is 17.1 Å². The van der Waals surface area contributed by atoms with Crippen LogP contribution in [0.5, 0.6) is 0 Å². The van der Waals surface area contributed by atoms with Crippen molar-refractivity contribution in [2.45, 2.75) is 51.0 Å². The molecule has 53 heavy (non-hydrogen) atoms. The number of aromatic nitrogens is 3. The molecule has 2 aliphatic rings. The molecule has 0 aliphatic carbocycles.